The largest absolute Gasteiger partial charge is 0.494 e. The van der Waals surface area contributed by atoms with Crippen molar-refractivity contribution in [2.24, 2.45) is 0 Å². The van der Waals surface area contributed by atoms with Crippen molar-refractivity contribution in [3.63, 3.8) is 0 Å². The third-order valence-corrected chi connectivity index (χ3v) is 1.37. The van der Waals surface area contributed by atoms with E-state index in [0.29, 0.717) is 5.56 Å². The molecule has 0 aliphatic carbocycles. The number of aliphatic hydroxyl groups is 1. The van der Waals surface area contributed by atoms with Crippen molar-refractivity contribution >= 4 is 0 Å². The van der Waals surface area contributed by atoms with E-state index in [1.165, 1.54) is 6.07 Å². The normalized spacial score (nSPS) is 10.2. The average molecular weight is 143 g/mol. The Morgan fingerprint density at radius 2 is 2.10 bits per heavy atom. The zero-order chi connectivity index (χ0) is 7.72. The minimum absolute atomic E-state index is 0.0972. The van der Waals surface area contributed by atoms with Gasteiger partial charge in [-0.3, -0.25) is 4.57 Å². The summed E-state index contributed by atoms with van der Waals surface area (Å²) in [4.78, 5) is 0. The van der Waals surface area contributed by atoms with Gasteiger partial charge in [0.25, 0.3) is 0 Å². The Labute approximate surface area is 58.0 Å². The summed E-state index contributed by atoms with van der Waals surface area (Å²) in [6, 6.07) is 1.38. The number of rotatable bonds is 1. The number of aliphatic hydroxyl groups excluding tert-OH is 1. The van der Waals surface area contributed by atoms with Gasteiger partial charge < -0.3 is 15.3 Å². The van der Waals surface area contributed by atoms with Crippen molar-refractivity contribution in [3.8, 4) is 11.8 Å². The molecule has 10 heavy (non-hydrogen) atoms. The van der Waals surface area contributed by atoms with E-state index in [-0.39, 0.29) is 11.8 Å². The highest BCUT2D eigenvalue weighted by Crippen LogP contribution is 2.25. The predicted molar refractivity (Wildman–Crippen MR) is 34.7 cm³/mol. The number of aryl methyl sites for hydroxylation is 1. The van der Waals surface area contributed by atoms with E-state index in [1.807, 2.05) is 0 Å². The maximum Gasteiger partial charge on any atom is 0.198 e. The molecule has 0 aliphatic rings. The van der Waals surface area contributed by atoms with Crippen LogP contribution in [-0.4, -0.2) is 19.9 Å². The fraction of sp³-hybridized carbons (Fsp3) is 0.333. The molecule has 0 bridgehead atoms. The van der Waals surface area contributed by atoms with Crippen LogP contribution < -0.4 is 0 Å². The third-order valence-electron chi connectivity index (χ3n) is 1.37. The number of aromatic nitrogens is 1. The standard InChI is InChI=1S/C6H9NO3/c1-4-2-5(9)7(3-8)6(4)10/h2,8-10H,3H2,1H3. The van der Waals surface area contributed by atoms with E-state index >= 15 is 0 Å². The van der Waals surface area contributed by atoms with Crippen LogP contribution in [0.3, 0.4) is 0 Å². The van der Waals surface area contributed by atoms with E-state index in [4.69, 9.17) is 15.3 Å². The molecule has 0 fully saturated rings. The summed E-state index contributed by atoms with van der Waals surface area (Å²) in [7, 11) is 0. The second-order valence-corrected chi connectivity index (χ2v) is 2.08. The average Bonchev–Trinajstić information content (AvgIpc) is 2.09. The van der Waals surface area contributed by atoms with Gasteiger partial charge in [-0.05, 0) is 6.92 Å². The zero-order valence-electron chi connectivity index (χ0n) is 5.57. The molecule has 0 atom stereocenters. The maximum atomic E-state index is 9.06. The number of hydrogen-bond acceptors (Lipinski definition) is 3. The van der Waals surface area contributed by atoms with Gasteiger partial charge in [-0.25, -0.2) is 0 Å². The van der Waals surface area contributed by atoms with E-state index in [2.05, 4.69) is 0 Å². The molecule has 0 saturated heterocycles. The summed E-state index contributed by atoms with van der Waals surface area (Å²) >= 11 is 0. The minimum atomic E-state index is -0.411. The van der Waals surface area contributed by atoms with Crippen LogP contribution in [0, 0.1) is 6.92 Å². The van der Waals surface area contributed by atoms with E-state index < -0.39 is 6.73 Å². The van der Waals surface area contributed by atoms with Crippen LogP contribution in [0.1, 0.15) is 5.56 Å². The fourth-order valence-electron chi connectivity index (χ4n) is 0.797. The highest BCUT2D eigenvalue weighted by Gasteiger charge is 2.07. The first kappa shape index (κ1) is 6.95. The Balaban J connectivity index is 3.20. The molecule has 1 aromatic rings. The molecule has 3 N–H and O–H groups in total. The molecule has 1 heterocycles. The highest BCUT2D eigenvalue weighted by atomic mass is 16.3. The van der Waals surface area contributed by atoms with Crippen LogP contribution in [0.5, 0.6) is 11.8 Å². The van der Waals surface area contributed by atoms with Crippen LogP contribution in [0.2, 0.25) is 0 Å². The van der Waals surface area contributed by atoms with Gasteiger partial charge >= 0.3 is 0 Å². The first-order valence-electron chi connectivity index (χ1n) is 2.85. The summed E-state index contributed by atoms with van der Waals surface area (Å²) in [5.41, 5.74) is 0.548. The molecule has 4 nitrogen and oxygen atoms in total. The number of nitrogens with zero attached hydrogens (tertiary/aromatic N) is 1. The lowest BCUT2D eigenvalue weighted by Crippen LogP contribution is -1.93. The van der Waals surface area contributed by atoms with Crippen LogP contribution in [-0.2, 0) is 6.73 Å². The molecule has 4 heteroatoms. The topological polar surface area (TPSA) is 65.6 Å². The highest BCUT2D eigenvalue weighted by molar-refractivity contribution is 5.33. The molecule has 0 saturated carbocycles. The Kier molecular flexibility index (Phi) is 1.55. The molecule has 0 unspecified atom stereocenters. The molecule has 1 rings (SSSR count). The lowest BCUT2D eigenvalue weighted by molar-refractivity contribution is 0.182. The molecule has 1 aromatic heterocycles. The van der Waals surface area contributed by atoms with Gasteiger partial charge in [0.15, 0.2) is 11.8 Å². The van der Waals surface area contributed by atoms with Gasteiger partial charge in [0.05, 0.1) is 0 Å². The van der Waals surface area contributed by atoms with Crippen molar-refractivity contribution in [1.82, 2.24) is 4.57 Å². The van der Waals surface area contributed by atoms with Crippen molar-refractivity contribution in [3.05, 3.63) is 11.6 Å². The monoisotopic (exact) mass is 143 g/mol. The Morgan fingerprint density at radius 3 is 2.30 bits per heavy atom. The van der Waals surface area contributed by atoms with Crippen LogP contribution in [0.25, 0.3) is 0 Å². The van der Waals surface area contributed by atoms with E-state index in [0.717, 1.165) is 4.57 Å². The SMILES string of the molecule is Cc1cc(O)n(CO)c1O. The Morgan fingerprint density at radius 1 is 1.50 bits per heavy atom. The quantitative estimate of drug-likeness (QED) is 0.524. The summed E-state index contributed by atoms with van der Waals surface area (Å²) < 4.78 is 0.995. The van der Waals surface area contributed by atoms with Gasteiger partial charge in [-0.15, -0.1) is 0 Å². The van der Waals surface area contributed by atoms with Gasteiger partial charge in [0, 0.05) is 11.6 Å². The first-order valence-corrected chi connectivity index (χ1v) is 2.85. The third kappa shape index (κ3) is 0.823. The lowest BCUT2D eigenvalue weighted by Gasteiger charge is -1.99. The summed E-state index contributed by atoms with van der Waals surface area (Å²) in [5.74, 6) is -0.225. The molecular formula is C6H9NO3. The Bertz CT molecular complexity index is 241. The van der Waals surface area contributed by atoms with Crippen molar-refractivity contribution in [1.29, 1.82) is 0 Å². The Hall–Kier alpha value is -1.16. The van der Waals surface area contributed by atoms with Crippen LogP contribution >= 0.6 is 0 Å². The molecule has 0 radical (unpaired) electrons. The number of hydrogen-bond donors (Lipinski definition) is 3. The predicted octanol–water partition coefficient (Wildman–Crippen LogP) is 0.158. The second kappa shape index (κ2) is 2.22. The maximum absolute atomic E-state index is 9.06. The molecule has 56 valence electrons. The van der Waals surface area contributed by atoms with Crippen molar-refractivity contribution in [2.45, 2.75) is 13.7 Å². The van der Waals surface area contributed by atoms with Gasteiger partial charge in [0.1, 0.15) is 6.73 Å². The lowest BCUT2D eigenvalue weighted by atomic mass is 10.4. The van der Waals surface area contributed by atoms with Crippen LogP contribution in [0.15, 0.2) is 6.07 Å². The molecule has 0 spiro atoms. The van der Waals surface area contributed by atoms with Gasteiger partial charge in [0.2, 0.25) is 0 Å². The second-order valence-electron chi connectivity index (χ2n) is 2.08. The summed E-state index contributed by atoms with van der Waals surface area (Å²) in [5, 5.41) is 26.6. The van der Waals surface area contributed by atoms with Gasteiger partial charge in [-0.1, -0.05) is 0 Å². The molecular weight excluding hydrogens is 134 g/mol. The summed E-state index contributed by atoms with van der Waals surface area (Å²) in [6.07, 6.45) is 0. The van der Waals surface area contributed by atoms with Gasteiger partial charge in [-0.2, -0.15) is 0 Å². The minimum Gasteiger partial charge on any atom is -0.494 e. The van der Waals surface area contributed by atoms with Crippen molar-refractivity contribution in [2.75, 3.05) is 0 Å². The van der Waals surface area contributed by atoms with E-state index in [1.54, 1.807) is 6.92 Å². The molecule has 0 amide bonds. The van der Waals surface area contributed by atoms with E-state index in [9.17, 15) is 0 Å². The molecule has 0 aromatic carbocycles. The van der Waals surface area contributed by atoms with Crippen LogP contribution in [0.4, 0.5) is 0 Å². The summed E-state index contributed by atoms with van der Waals surface area (Å²) in [6.45, 7) is 1.23. The first-order chi connectivity index (χ1) is 4.66. The van der Waals surface area contributed by atoms with Crippen molar-refractivity contribution < 1.29 is 15.3 Å². The smallest absolute Gasteiger partial charge is 0.198 e. The zero-order valence-corrected chi connectivity index (χ0v) is 5.57. The molecule has 0 aliphatic heterocycles. The number of aromatic hydroxyl groups is 2. The fourth-order valence-corrected chi connectivity index (χ4v) is 0.797.